The van der Waals surface area contributed by atoms with Gasteiger partial charge < -0.3 is 4.74 Å². The maximum atomic E-state index is 10.9. The summed E-state index contributed by atoms with van der Waals surface area (Å²) in [5.74, 6) is 1.09. The molecule has 16 heavy (non-hydrogen) atoms. The summed E-state index contributed by atoms with van der Waals surface area (Å²) in [5, 5.41) is 0. The summed E-state index contributed by atoms with van der Waals surface area (Å²) < 4.78 is 5.17. The van der Waals surface area contributed by atoms with Crippen LogP contribution >= 0.6 is 0 Å². The molecule has 0 fully saturated rings. The van der Waals surface area contributed by atoms with Gasteiger partial charge in [0, 0.05) is 13.3 Å². The van der Waals surface area contributed by atoms with E-state index in [4.69, 9.17) is 4.74 Å². The molecular weight excluding hydrogens is 200 g/mol. The van der Waals surface area contributed by atoms with Crippen LogP contribution in [0.3, 0.4) is 0 Å². The van der Waals surface area contributed by atoms with Crippen molar-refractivity contribution >= 4 is 5.97 Å². The summed E-state index contributed by atoms with van der Waals surface area (Å²) in [6, 6.07) is 10.4. The van der Waals surface area contributed by atoms with Crippen molar-refractivity contribution in [2.75, 3.05) is 0 Å². The first-order valence-corrected chi connectivity index (χ1v) is 5.68. The van der Waals surface area contributed by atoms with E-state index in [1.54, 1.807) is 0 Å². The van der Waals surface area contributed by atoms with Gasteiger partial charge in [0.25, 0.3) is 0 Å². The molecule has 0 amide bonds. The smallest absolute Gasteiger partial charge is 0.307 e. The summed E-state index contributed by atoms with van der Waals surface area (Å²) in [6.45, 7) is 1.45. The fourth-order valence-corrected chi connectivity index (χ4v) is 2.15. The minimum absolute atomic E-state index is 0.222. The molecule has 0 saturated heterocycles. The predicted octanol–water partition coefficient (Wildman–Crippen LogP) is 3.40. The maximum absolute atomic E-state index is 10.9. The first-order valence-electron chi connectivity index (χ1n) is 5.68. The SMILES string of the molecule is CC(=O)OC1=CCCC(c2ccccc2)C1. The quantitative estimate of drug-likeness (QED) is 0.708. The highest BCUT2D eigenvalue weighted by molar-refractivity contribution is 5.67. The molecule has 1 atom stereocenters. The molecule has 0 aromatic heterocycles. The highest BCUT2D eigenvalue weighted by atomic mass is 16.5. The lowest BCUT2D eigenvalue weighted by molar-refractivity contribution is -0.137. The Morgan fingerprint density at radius 1 is 1.31 bits per heavy atom. The van der Waals surface area contributed by atoms with Crippen molar-refractivity contribution in [2.45, 2.75) is 32.1 Å². The normalized spacial score (nSPS) is 20.1. The number of ether oxygens (including phenoxy) is 1. The fourth-order valence-electron chi connectivity index (χ4n) is 2.15. The standard InChI is InChI=1S/C14H16O2/c1-11(15)16-14-9-5-8-13(10-14)12-6-3-2-4-7-12/h2-4,6-7,9,13H,5,8,10H2,1H3. The molecule has 0 spiro atoms. The molecule has 1 aromatic rings. The van der Waals surface area contributed by atoms with Crippen LogP contribution in [0.1, 0.15) is 37.7 Å². The van der Waals surface area contributed by atoms with Gasteiger partial charge in [-0.05, 0) is 30.4 Å². The van der Waals surface area contributed by atoms with E-state index < -0.39 is 0 Å². The third-order valence-electron chi connectivity index (χ3n) is 2.88. The van der Waals surface area contributed by atoms with E-state index in [0.29, 0.717) is 5.92 Å². The Morgan fingerprint density at radius 3 is 2.75 bits per heavy atom. The number of carbonyl (C=O) groups is 1. The summed E-state index contributed by atoms with van der Waals surface area (Å²) in [7, 11) is 0. The van der Waals surface area contributed by atoms with Crippen LogP contribution in [0.15, 0.2) is 42.2 Å². The van der Waals surface area contributed by atoms with E-state index >= 15 is 0 Å². The number of benzene rings is 1. The first-order chi connectivity index (χ1) is 7.75. The van der Waals surface area contributed by atoms with Gasteiger partial charge >= 0.3 is 5.97 Å². The average molecular weight is 216 g/mol. The summed E-state index contributed by atoms with van der Waals surface area (Å²) >= 11 is 0. The Hall–Kier alpha value is -1.57. The highest BCUT2D eigenvalue weighted by Crippen LogP contribution is 2.32. The number of hydrogen-bond donors (Lipinski definition) is 0. The van der Waals surface area contributed by atoms with Gasteiger partial charge in [0.05, 0.1) is 0 Å². The lowest BCUT2D eigenvalue weighted by Crippen LogP contribution is -2.09. The van der Waals surface area contributed by atoms with Gasteiger partial charge in [0.15, 0.2) is 0 Å². The molecule has 0 saturated carbocycles. The van der Waals surface area contributed by atoms with Crippen molar-refractivity contribution in [1.29, 1.82) is 0 Å². The summed E-state index contributed by atoms with van der Waals surface area (Å²) in [6.07, 6.45) is 4.99. The van der Waals surface area contributed by atoms with E-state index in [1.807, 2.05) is 12.1 Å². The number of carbonyl (C=O) groups excluding carboxylic acids is 1. The molecule has 1 aliphatic rings. The molecule has 2 heteroatoms. The van der Waals surface area contributed by atoms with Gasteiger partial charge in [0.1, 0.15) is 5.76 Å². The van der Waals surface area contributed by atoms with Crippen molar-refractivity contribution in [2.24, 2.45) is 0 Å². The topological polar surface area (TPSA) is 26.3 Å². The van der Waals surface area contributed by atoms with E-state index in [1.165, 1.54) is 12.5 Å². The zero-order valence-corrected chi connectivity index (χ0v) is 9.48. The number of rotatable bonds is 2. The van der Waals surface area contributed by atoms with Gasteiger partial charge in [0.2, 0.25) is 0 Å². The lowest BCUT2D eigenvalue weighted by atomic mass is 9.87. The van der Waals surface area contributed by atoms with Crippen LogP contribution in [0, 0.1) is 0 Å². The zero-order chi connectivity index (χ0) is 11.4. The van der Waals surface area contributed by atoms with Gasteiger partial charge in [-0.1, -0.05) is 30.3 Å². The molecule has 1 aliphatic carbocycles. The molecule has 1 unspecified atom stereocenters. The van der Waals surface area contributed by atoms with Crippen LogP contribution in [0.4, 0.5) is 0 Å². The Balaban J connectivity index is 2.05. The van der Waals surface area contributed by atoms with Gasteiger partial charge in [-0.2, -0.15) is 0 Å². The third-order valence-corrected chi connectivity index (χ3v) is 2.88. The Labute approximate surface area is 95.9 Å². The molecule has 2 rings (SSSR count). The van der Waals surface area contributed by atoms with Crippen LogP contribution in [0.25, 0.3) is 0 Å². The van der Waals surface area contributed by atoms with E-state index in [9.17, 15) is 4.79 Å². The maximum Gasteiger partial charge on any atom is 0.307 e. The number of hydrogen-bond acceptors (Lipinski definition) is 2. The molecule has 0 bridgehead atoms. The van der Waals surface area contributed by atoms with Crippen molar-refractivity contribution in [3.05, 3.63) is 47.7 Å². The monoisotopic (exact) mass is 216 g/mol. The van der Waals surface area contributed by atoms with Crippen LogP contribution in [0.2, 0.25) is 0 Å². The second kappa shape index (κ2) is 4.97. The van der Waals surface area contributed by atoms with Crippen molar-refractivity contribution in [3.63, 3.8) is 0 Å². The second-order valence-electron chi connectivity index (χ2n) is 4.15. The Bertz CT molecular complexity index is 392. The summed E-state index contributed by atoms with van der Waals surface area (Å²) in [4.78, 5) is 10.9. The molecule has 84 valence electrons. The van der Waals surface area contributed by atoms with E-state index in [-0.39, 0.29) is 5.97 Å². The molecule has 0 N–H and O–H groups in total. The first kappa shape index (κ1) is 10.9. The van der Waals surface area contributed by atoms with Crippen molar-refractivity contribution < 1.29 is 9.53 Å². The van der Waals surface area contributed by atoms with Gasteiger partial charge in [-0.25, -0.2) is 0 Å². The lowest BCUT2D eigenvalue weighted by Gasteiger charge is -2.22. The number of allylic oxidation sites excluding steroid dienone is 2. The Kier molecular flexibility index (Phi) is 3.40. The highest BCUT2D eigenvalue weighted by Gasteiger charge is 2.18. The third kappa shape index (κ3) is 2.72. The van der Waals surface area contributed by atoms with Crippen LogP contribution in [-0.4, -0.2) is 5.97 Å². The van der Waals surface area contributed by atoms with Crippen LogP contribution in [0.5, 0.6) is 0 Å². The molecule has 1 aromatic carbocycles. The molecule has 0 heterocycles. The molecule has 0 radical (unpaired) electrons. The van der Waals surface area contributed by atoms with Gasteiger partial charge in [-0.15, -0.1) is 0 Å². The number of esters is 1. The zero-order valence-electron chi connectivity index (χ0n) is 9.48. The largest absolute Gasteiger partial charge is 0.432 e. The fraction of sp³-hybridized carbons (Fsp3) is 0.357. The summed E-state index contributed by atoms with van der Waals surface area (Å²) in [5.41, 5.74) is 1.33. The van der Waals surface area contributed by atoms with Crippen molar-refractivity contribution in [3.8, 4) is 0 Å². The Morgan fingerprint density at radius 2 is 2.06 bits per heavy atom. The molecular formula is C14H16O2. The molecule has 2 nitrogen and oxygen atoms in total. The van der Waals surface area contributed by atoms with E-state index in [0.717, 1.165) is 25.0 Å². The van der Waals surface area contributed by atoms with E-state index in [2.05, 4.69) is 24.3 Å². The average Bonchev–Trinajstić information content (AvgIpc) is 2.30. The minimum Gasteiger partial charge on any atom is -0.432 e. The molecule has 0 aliphatic heterocycles. The minimum atomic E-state index is -0.222. The predicted molar refractivity (Wildman–Crippen MR) is 62.9 cm³/mol. The van der Waals surface area contributed by atoms with Crippen molar-refractivity contribution in [1.82, 2.24) is 0 Å². The van der Waals surface area contributed by atoms with Gasteiger partial charge in [-0.3, -0.25) is 4.79 Å². The second-order valence-corrected chi connectivity index (χ2v) is 4.15. The van der Waals surface area contributed by atoms with Crippen LogP contribution in [-0.2, 0) is 9.53 Å². The van der Waals surface area contributed by atoms with Crippen LogP contribution < -0.4 is 0 Å².